The molecule has 0 atom stereocenters. The highest BCUT2D eigenvalue weighted by Gasteiger charge is 1.98. The summed E-state index contributed by atoms with van der Waals surface area (Å²) in [6.45, 7) is 1.62. The van der Waals surface area contributed by atoms with E-state index in [1.54, 1.807) is 12.4 Å². The highest BCUT2D eigenvalue weighted by atomic mass is 32.1. The normalized spacial score (nSPS) is 9.94. The van der Waals surface area contributed by atoms with Gasteiger partial charge in [0.05, 0.1) is 0 Å². The summed E-state index contributed by atoms with van der Waals surface area (Å²) >= 11 is 1.53. The van der Waals surface area contributed by atoms with Crippen molar-refractivity contribution in [3.63, 3.8) is 0 Å². The number of hydrogen-bond acceptors (Lipinski definition) is 4. The van der Waals surface area contributed by atoms with Crippen LogP contribution in [0.15, 0.2) is 36.7 Å². The van der Waals surface area contributed by atoms with Gasteiger partial charge in [0.1, 0.15) is 10.9 Å². The Bertz CT molecular complexity index is 484. The first-order valence-corrected chi connectivity index (χ1v) is 5.78. The first-order chi connectivity index (χ1) is 7.88. The molecule has 0 saturated heterocycles. The van der Waals surface area contributed by atoms with Crippen LogP contribution < -0.4 is 5.32 Å². The van der Waals surface area contributed by atoms with Crippen LogP contribution in [0.4, 0.5) is 0 Å². The number of aromatic nitrogens is 1. The molecule has 0 aromatic carbocycles. The molecule has 0 aliphatic carbocycles. The number of hydrogen-bond donors (Lipinski definition) is 1. The van der Waals surface area contributed by atoms with E-state index in [1.165, 1.54) is 21.8 Å². The van der Waals surface area contributed by atoms with Crippen LogP contribution in [-0.2, 0) is 13.1 Å². The van der Waals surface area contributed by atoms with Gasteiger partial charge in [-0.05, 0) is 29.8 Å². The maximum atomic E-state index is 8.69. The second kappa shape index (κ2) is 5.40. The minimum absolute atomic E-state index is 0.765. The van der Waals surface area contributed by atoms with Crippen molar-refractivity contribution < 1.29 is 0 Å². The van der Waals surface area contributed by atoms with Gasteiger partial charge in [0.25, 0.3) is 0 Å². The predicted octanol–water partition coefficient (Wildman–Crippen LogP) is 2.30. The summed E-state index contributed by atoms with van der Waals surface area (Å²) in [6, 6.07) is 9.96. The maximum absolute atomic E-state index is 8.69. The molecule has 2 aromatic rings. The molecule has 1 N–H and O–H groups in total. The van der Waals surface area contributed by atoms with Gasteiger partial charge in [-0.2, -0.15) is 5.26 Å². The highest BCUT2D eigenvalue weighted by Crippen LogP contribution is 2.14. The Hall–Kier alpha value is -1.70. The Balaban J connectivity index is 1.83. The van der Waals surface area contributed by atoms with Crippen molar-refractivity contribution in [1.29, 1.82) is 5.26 Å². The first kappa shape index (κ1) is 10.8. The number of rotatable bonds is 4. The Morgan fingerprint density at radius 2 is 2.00 bits per heavy atom. The summed E-state index contributed by atoms with van der Waals surface area (Å²) in [7, 11) is 0. The zero-order chi connectivity index (χ0) is 11.2. The lowest BCUT2D eigenvalue weighted by molar-refractivity contribution is 0.700. The lowest BCUT2D eigenvalue weighted by atomic mass is 10.3. The number of nitriles is 1. The van der Waals surface area contributed by atoms with E-state index in [0.29, 0.717) is 0 Å². The topological polar surface area (TPSA) is 48.7 Å². The van der Waals surface area contributed by atoms with Gasteiger partial charge < -0.3 is 5.32 Å². The van der Waals surface area contributed by atoms with E-state index < -0.39 is 0 Å². The van der Waals surface area contributed by atoms with Gasteiger partial charge in [-0.3, -0.25) is 4.98 Å². The van der Waals surface area contributed by atoms with Crippen LogP contribution >= 0.6 is 11.3 Å². The molecule has 80 valence electrons. The number of pyridine rings is 1. The molecular formula is C12H11N3S. The Kier molecular flexibility index (Phi) is 3.65. The molecule has 0 fully saturated rings. The van der Waals surface area contributed by atoms with Crippen molar-refractivity contribution >= 4 is 11.3 Å². The van der Waals surface area contributed by atoms with Gasteiger partial charge in [-0.1, -0.05) is 0 Å². The third-order valence-corrected chi connectivity index (χ3v) is 3.14. The van der Waals surface area contributed by atoms with Crippen LogP contribution in [-0.4, -0.2) is 4.98 Å². The minimum Gasteiger partial charge on any atom is -0.308 e. The molecule has 2 aromatic heterocycles. The summed E-state index contributed by atoms with van der Waals surface area (Å²) in [4.78, 5) is 5.91. The summed E-state index contributed by atoms with van der Waals surface area (Å²) in [5.41, 5.74) is 1.21. The molecule has 0 spiro atoms. The summed E-state index contributed by atoms with van der Waals surface area (Å²) in [5.74, 6) is 0. The van der Waals surface area contributed by atoms with Gasteiger partial charge in [0.2, 0.25) is 0 Å². The van der Waals surface area contributed by atoms with Crippen LogP contribution in [0.25, 0.3) is 0 Å². The maximum Gasteiger partial charge on any atom is 0.110 e. The molecule has 2 rings (SSSR count). The van der Waals surface area contributed by atoms with Gasteiger partial charge in [0, 0.05) is 30.4 Å². The van der Waals surface area contributed by atoms with Crippen molar-refractivity contribution in [2.75, 3.05) is 0 Å². The molecule has 2 heterocycles. The summed E-state index contributed by atoms with van der Waals surface area (Å²) < 4.78 is 0. The molecule has 16 heavy (non-hydrogen) atoms. The van der Waals surface area contributed by atoms with E-state index in [2.05, 4.69) is 16.4 Å². The largest absolute Gasteiger partial charge is 0.308 e. The molecule has 0 saturated carbocycles. The summed E-state index contributed by atoms with van der Waals surface area (Å²) in [5, 5.41) is 12.0. The van der Waals surface area contributed by atoms with Crippen molar-refractivity contribution in [2.24, 2.45) is 0 Å². The molecular weight excluding hydrogens is 218 g/mol. The van der Waals surface area contributed by atoms with E-state index >= 15 is 0 Å². The third kappa shape index (κ3) is 2.89. The van der Waals surface area contributed by atoms with Crippen LogP contribution in [0, 0.1) is 11.3 Å². The average molecular weight is 229 g/mol. The SMILES string of the molecule is N#Cc1ccc(CNCc2ccncc2)s1. The molecule has 4 heteroatoms. The first-order valence-electron chi connectivity index (χ1n) is 4.97. The fourth-order valence-electron chi connectivity index (χ4n) is 1.36. The average Bonchev–Trinajstić information content (AvgIpc) is 2.78. The molecule has 0 aliphatic heterocycles. The predicted molar refractivity (Wildman–Crippen MR) is 63.8 cm³/mol. The Morgan fingerprint density at radius 3 is 2.69 bits per heavy atom. The summed E-state index contributed by atoms with van der Waals surface area (Å²) in [6.07, 6.45) is 3.58. The van der Waals surface area contributed by atoms with Gasteiger partial charge in [-0.15, -0.1) is 11.3 Å². The highest BCUT2D eigenvalue weighted by molar-refractivity contribution is 7.12. The molecule has 0 aliphatic rings. The Morgan fingerprint density at radius 1 is 1.19 bits per heavy atom. The monoisotopic (exact) mass is 229 g/mol. The van der Waals surface area contributed by atoms with Crippen LogP contribution in [0.5, 0.6) is 0 Å². The minimum atomic E-state index is 0.765. The lowest BCUT2D eigenvalue weighted by Gasteiger charge is -2.02. The smallest absolute Gasteiger partial charge is 0.110 e. The van der Waals surface area contributed by atoms with Crippen LogP contribution in [0.2, 0.25) is 0 Å². The molecule has 3 nitrogen and oxygen atoms in total. The lowest BCUT2D eigenvalue weighted by Crippen LogP contribution is -2.11. The van der Waals surface area contributed by atoms with Crippen LogP contribution in [0.3, 0.4) is 0 Å². The third-order valence-electron chi connectivity index (χ3n) is 2.15. The van der Waals surface area contributed by atoms with Gasteiger partial charge in [0.15, 0.2) is 0 Å². The van der Waals surface area contributed by atoms with Crippen molar-refractivity contribution in [3.05, 3.63) is 52.0 Å². The van der Waals surface area contributed by atoms with E-state index in [0.717, 1.165) is 18.0 Å². The van der Waals surface area contributed by atoms with Crippen molar-refractivity contribution in [1.82, 2.24) is 10.3 Å². The zero-order valence-corrected chi connectivity index (χ0v) is 9.50. The molecule has 0 radical (unpaired) electrons. The zero-order valence-electron chi connectivity index (χ0n) is 8.68. The van der Waals surface area contributed by atoms with Crippen molar-refractivity contribution in [2.45, 2.75) is 13.1 Å². The van der Waals surface area contributed by atoms with Gasteiger partial charge >= 0.3 is 0 Å². The van der Waals surface area contributed by atoms with E-state index in [9.17, 15) is 0 Å². The molecule has 0 unspecified atom stereocenters. The van der Waals surface area contributed by atoms with Gasteiger partial charge in [-0.25, -0.2) is 0 Å². The molecule has 0 amide bonds. The number of nitrogens with zero attached hydrogens (tertiary/aromatic N) is 2. The second-order valence-corrected chi connectivity index (χ2v) is 4.51. The number of thiophene rings is 1. The van der Waals surface area contributed by atoms with E-state index in [1.807, 2.05) is 24.3 Å². The number of nitrogens with one attached hydrogen (secondary N) is 1. The fraction of sp³-hybridized carbons (Fsp3) is 0.167. The standard InChI is InChI=1S/C12H11N3S/c13-7-11-1-2-12(16-11)9-15-8-10-3-5-14-6-4-10/h1-6,15H,8-9H2. The Labute approximate surface area is 98.4 Å². The van der Waals surface area contributed by atoms with Crippen molar-refractivity contribution in [3.8, 4) is 6.07 Å². The van der Waals surface area contributed by atoms with E-state index in [-0.39, 0.29) is 0 Å². The quantitative estimate of drug-likeness (QED) is 0.875. The fourth-order valence-corrected chi connectivity index (χ4v) is 2.14. The van der Waals surface area contributed by atoms with Crippen LogP contribution in [0.1, 0.15) is 15.3 Å². The van der Waals surface area contributed by atoms with E-state index in [4.69, 9.17) is 5.26 Å². The molecule has 0 bridgehead atoms. The second-order valence-electron chi connectivity index (χ2n) is 3.34.